The van der Waals surface area contributed by atoms with Crippen molar-refractivity contribution in [3.63, 3.8) is 0 Å². The van der Waals surface area contributed by atoms with Gasteiger partial charge in [0.1, 0.15) is 5.69 Å². The van der Waals surface area contributed by atoms with E-state index in [4.69, 9.17) is 5.73 Å². The van der Waals surface area contributed by atoms with Gasteiger partial charge in [-0.1, -0.05) is 0 Å². The summed E-state index contributed by atoms with van der Waals surface area (Å²) in [6.07, 6.45) is 3.92. The first-order valence-electron chi connectivity index (χ1n) is 5.34. The molecule has 0 aliphatic carbocycles. The third-order valence-electron chi connectivity index (χ3n) is 2.91. The minimum atomic E-state index is 0.0950. The van der Waals surface area contributed by atoms with E-state index in [1.807, 2.05) is 34.8 Å². The maximum Gasteiger partial charge on any atom is 0.270 e. The molecule has 1 atom stereocenters. The molecule has 1 aromatic rings. The van der Waals surface area contributed by atoms with Gasteiger partial charge in [0.25, 0.3) is 5.91 Å². The van der Waals surface area contributed by atoms with Crippen molar-refractivity contribution in [1.82, 2.24) is 9.47 Å². The van der Waals surface area contributed by atoms with Crippen LogP contribution < -0.4 is 5.73 Å². The van der Waals surface area contributed by atoms with Crippen LogP contribution in [0.5, 0.6) is 0 Å². The summed E-state index contributed by atoms with van der Waals surface area (Å²) >= 11 is 0. The Labute approximate surface area is 89.7 Å². The van der Waals surface area contributed by atoms with Crippen molar-refractivity contribution in [3.8, 4) is 0 Å². The summed E-state index contributed by atoms with van der Waals surface area (Å²) in [6, 6.07) is 3.88. The Bertz CT molecular complexity index is 358. The zero-order valence-electron chi connectivity index (χ0n) is 9.02. The number of amides is 1. The van der Waals surface area contributed by atoms with E-state index < -0.39 is 0 Å². The summed E-state index contributed by atoms with van der Waals surface area (Å²) in [6.45, 7) is 1.52. The number of aromatic nitrogens is 1. The van der Waals surface area contributed by atoms with Crippen LogP contribution in [-0.2, 0) is 7.05 Å². The highest BCUT2D eigenvalue weighted by atomic mass is 16.2. The molecule has 1 aliphatic rings. The van der Waals surface area contributed by atoms with Crippen LogP contribution in [0.2, 0.25) is 0 Å². The first-order valence-corrected chi connectivity index (χ1v) is 5.34. The quantitative estimate of drug-likeness (QED) is 0.732. The molecule has 1 saturated heterocycles. The van der Waals surface area contributed by atoms with Crippen LogP contribution in [0.3, 0.4) is 0 Å². The fourth-order valence-corrected chi connectivity index (χ4v) is 2.04. The van der Waals surface area contributed by atoms with E-state index >= 15 is 0 Å². The summed E-state index contributed by atoms with van der Waals surface area (Å²) in [5, 5.41) is 0. The van der Waals surface area contributed by atoms with Gasteiger partial charge in [-0.15, -0.1) is 0 Å². The lowest BCUT2D eigenvalue weighted by atomic mass is 10.1. The second-order valence-electron chi connectivity index (χ2n) is 4.16. The first-order chi connectivity index (χ1) is 7.18. The van der Waals surface area contributed by atoms with Crippen LogP contribution in [0.1, 0.15) is 23.3 Å². The maximum absolute atomic E-state index is 12.1. The molecule has 0 saturated carbocycles. The normalized spacial score (nSPS) is 21.7. The molecule has 2 rings (SSSR count). The van der Waals surface area contributed by atoms with Gasteiger partial charge in [0.05, 0.1) is 0 Å². The smallest absolute Gasteiger partial charge is 0.270 e. The molecule has 15 heavy (non-hydrogen) atoms. The third-order valence-corrected chi connectivity index (χ3v) is 2.91. The van der Waals surface area contributed by atoms with Crippen molar-refractivity contribution < 1.29 is 4.79 Å². The number of piperidine rings is 1. The third kappa shape index (κ3) is 2.04. The maximum atomic E-state index is 12.1. The fourth-order valence-electron chi connectivity index (χ4n) is 2.04. The summed E-state index contributed by atoms with van der Waals surface area (Å²) in [5.41, 5.74) is 6.59. The Hall–Kier alpha value is -1.29. The van der Waals surface area contributed by atoms with Gasteiger partial charge in [-0.3, -0.25) is 4.79 Å². The zero-order chi connectivity index (χ0) is 10.8. The standard InChI is InChI=1S/C11H17N3O/c1-13-6-3-5-10(13)11(15)14-7-2-4-9(12)8-14/h3,5-6,9H,2,4,7-8,12H2,1H3. The van der Waals surface area contributed by atoms with Crippen molar-refractivity contribution in [3.05, 3.63) is 24.0 Å². The molecule has 82 valence electrons. The van der Waals surface area contributed by atoms with Crippen LogP contribution in [0, 0.1) is 0 Å². The van der Waals surface area contributed by atoms with E-state index in [0.717, 1.165) is 25.1 Å². The van der Waals surface area contributed by atoms with Gasteiger partial charge < -0.3 is 15.2 Å². The molecule has 0 spiro atoms. The van der Waals surface area contributed by atoms with Crippen molar-refractivity contribution in [2.45, 2.75) is 18.9 Å². The molecular formula is C11H17N3O. The molecule has 1 aliphatic heterocycles. The molecule has 4 nitrogen and oxygen atoms in total. The number of hydrogen-bond donors (Lipinski definition) is 1. The minimum Gasteiger partial charge on any atom is -0.347 e. The number of carbonyl (C=O) groups is 1. The molecule has 1 amide bonds. The summed E-state index contributed by atoms with van der Waals surface area (Å²) in [4.78, 5) is 13.9. The van der Waals surface area contributed by atoms with Gasteiger partial charge in [0.2, 0.25) is 0 Å². The van der Waals surface area contributed by atoms with E-state index in [0.29, 0.717) is 6.54 Å². The van der Waals surface area contributed by atoms with Gasteiger partial charge in [0.15, 0.2) is 0 Å². The topological polar surface area (TPSA) is 51.3 Å². The van der Waals surface area contributed by atoms with Crippen LogP contribution in [0.25, 0.3) is 0 Å². The molecule has 2 N–H and O–H groups in total. The van der Waals surface area contributed by atoms with Gasteiger partial charge in [0, 0.05) is 32.4 Å². The van der Waals surface area contributed by atoms with Crippen LogP contribution in [0.15, 0.2) is 18.3 Å². The van der Waals surface area contributed by atoms with E-state index in [1.165, 1.54) is 0 Å². The predicted octanol–water partition coefficient (Wildman–Crippen LogP) is 0.588. The second kappa shape index (κ2) is 4.06. The molecule has 1 fully saturated rings. The average molecular weight is 207 g/mol. The van der Waals surface area contributed by atoms with Gasteiger partial charge in [-0.25, -0.2) is 0 Å². The molecule has 0 radical (unpaired) electrons. The molecular weight excluding hydrogens is 190 g/mol. The fraction of sp³-hybridized carbons (Fsp3) is 0.545. The molecule has 2 heterocycles. The lowest BCUT2D eigenvalue weighted by Crippen LogP contribution is -2.46. The Morgan fingerprint density at radius 2 is 2.40 bits per heavy atom. The average Bonchev–Trinajstić information content (AvgIpc) is 2.63. The molecule has 1 unspecified atom stereocenters. The summed E-state index contributed by atoms with van der Waals surface area (Å²) in [7, 11) is 1.89. The van der Waals surface area contributed by atoms with Crippen molar-refractivity contribution >= 4 is 5.91 Å². The minimum absolute atomic E-state index is 0.0950. The van der Waals surface area contributed by atoms with Gasteiger partial charge >= 0.3 is 0 Å². The number of hydrogen-bond acceptors (Lipinski definition) is 2. The van der Waals surface area contributed by atoms with Crippen molar-refractivity contribution in [2.24, 2.45) is 12.8 Å². The number of rotatable bonds is 1. The SMILES string of the molecule is Cn1cccc1C(=O)N1CCCC(N)C1. The number of likely N-dealkylation sites (tertiary alicyclic amines) is 1. The Kier molecular flexibility index (Phi) is 2.77. The van der Waals surface area contributed by atoms with Gasteiger partial charge in [-0.05, 0) is 25.0 Å². The number of carbonyl (C=O) groups excluding carboxylic acids is 1. The van der Waals surface area contributed by atoms with E-state index in [2.05, 4.69) is 0 Å². The highest BCUT2D eigenvalue weighted by Crippen LogP contribution is 2.12. The van der Waals surface area contributed by atoms with E-state index in [1.54, 1.807) is 0 Å². The monoisotopic (exact) mass is 207 g/mol. The van der Waals surface area contributed by atoms with Crippen LogP contribution in [0.4, 0.5) is 0 Å². The van der Waals surface area contributed by atoms with Crippen molar-refractivity contribution in [2.75, 3.05) is 13.1 Å². The number of nitrogens with zero attached hydrogens (tertiary/aromatic N) is 2. The lowest BCUT2D eigenvalue weighted by molar-refractivity contribution is 0.0699. The summed E-state index contributed by atoms with van der Waals surface area (Å²) < 4.78 is 1.85. The molecule has 0 aromatic carbocycles. The number of aryl methyl sites for hydroxylation is 1. The molecule has 1 aromatic heterocycles. The predicted molar refractivity (Wildman–Crippen MR) is 58.5 cm³/mol. The Balaban J connectivity index is 2.11. The summed E-state index contributed by atoms with van der Waals surface area (Å²) in [5.74, 6) is 0.0950. The Morgan fingerprint density at radius 3 is 3.00 bits per heavy atom. The Morgan fingerprint density at radius 1 is 1.60 bits per heavy atom. The second-order valence-corrected chi connectivity index (χ2v) is 4.16. The van der Waals surface area contributed by atoms with E-state index in [9.17, 15) is 4.79 Å². The van der Waals surface area contributed by atoms with E-state index in [-0.39, 0.29) is 11.9 Å². The number of nitrogens with two attached hydrogens (primary N) is 1. The van der Waals surface area contributed by atoms with Crippen LogP contribution >= 0.6 is 0 Å². The zero-order valence-corrected chi connectivity index (χ0v) is 9.02. The largest absolute Gasteiger partial charge is 0.347 e. The first kappa shape index (κ1) is 10.2. The van der Waals surface area contributed by atoms with Crippen molar-refractivity contribution in [1.29, 1.82) is 0 Å². The highest BCUT2D eigenvalue weighted by molar-refractivity contribution is 5.92. The highest BCUT2D eigenvalue weighted by Gasteiger charge is 2.23. The van der Waals surface area contributed by atoms with Gasteiger partial charge in [-0.2, -0.15) is 0 Å². The lowest BCUT2D eigenvalue weighted by Gasteiger charge is -2.30. The molecule has 0 bridgehead atoms. The van der Waals surface area contributed by atoms with Crippen LogP contribution in [-0.4, -0.2) is 34.5 Å². The molecule has 4 heteroatoms.